The van der Waals surface area contributed by atoms with Crippen LogP contribution in [0.3, 0.4) is 0 Å². The van der Waals surface area contributed by atoms with Crippen molar-refractivity contribution in [1.82, 2.24) is 19.7 Å². The number of rotatable bonds is 3. The van der Waals surface area contributed by atoms with E-state index < -0.39 is 0 Å². The number of hydrogen-bond acceptors (Lipinski definition) is 5. The number of nitrogens with zero attached hydrogens (tertiary/aromatic N) is 4. The molecule has 0 radical (unpaired) electrons. The van der Waals surface area contributed by atoms with Gasteiger partial charge in [-0.3, -0.25) is 4.79 Å². The van der Waals surface area contributed by atoms with Gasteiger partial charge in [0.25, 0.3) is 5.91 Å². The summed E-state index contributed by atoms with van der Waals surface area (Å²) in [5.74, 6) is 0.518. The first kappa shape index (κ1) is 16.6. The molecule has 1 N–H and O–H groups in total. The van der Waals surface area contributed by atoms with E-state index in [1.165, 1.54) is 28.2 Å². The number of aliphatic hydroxyl groups excluding tert-OH is 1. The summed E-state index contributed by atoms with van der Waals surface area (Å²) in [7, 11) is 0. The number of carbonyl (C=O) groups is 1. The molecule has 3 aromatic rings. The van der Waals surface area contributed by atoms with Gasteiger partial charge in [-0.15, -0.1) is 16.4 Å². The highest BCUT2D eigenvalue weighted by Crippen LogP contribution is 2.41. The zero-order valence-electron chi connectivity index (χ0n) is 14.3. The Labute approximate surface area is 158 Å². The van der Waals surface area contributed by atoms with E-state index in [1.54, 1.807) is 17.0 Å². The molecule has 8 heteroatoms. The van der Waals surface area contributed by atoms with Crippen molar-refractivity contribution < 1.29 is 14.3 Å². The van der Waals surface area contributed by atoms with Crippen LogP contribution in [0.15, 0.2) is 41.8 Å². The largest absolute Gasteiger partial charge is 0.393 e. The Kier molecular flexibility index (Phi) is 3.84. The van der Waals surface area contributed by atoms with Crippen LogP contribution in [-0.2, 0) is 0 Å². The van der Waals surface area contributed by atoms with E-state index in [1.807, 2.05) is 17.5 Å². The second kappa shape index (κ2) is 6.24. The Balaban J connectivity index is 1.52. The van der Waals surface area contributed by atoms with Gasteiger partial charge in [0.15, 0.2) is 5.82 Å². The molecule has 0 spiro atoms. The van der Waals surface area contributed by atoms with Crippen LogP contribution >= 0.6 is 11.3 Å². The predicted octanol–water partition coefficient (Wildman–Crippen LogP) is 2.59. The topological polar surface area (TPSA) is 71.2 Å². The van der Waals surface area contributed by atoms with Crippen LogP contribution in [-0.4, -0.2) is 49.9 Å². The minimum absolute atomic E-state index is 0.0958. The van der Waals surface area contributed by atoms with Gasteiger partial charge in [-0.1, -0.05) is 12.1 Å². The first-order valence-electron chi connectivity index (χ1n) is 8.84. The number of aromatic nitrogens is 3. The van der Waals surface area contributed by atoms with Crippen LogP contribution < -0.4 is 0 Å². The molecule has 1 aliphatic heterocycles. The van der Waals surface area contributed by atoms with E-state index in [0.29, 0.717) is 30.5 Å². The third-order valence-corrected chi connectivity index (χ3v) is 6.28. The summed E-state index contributed by atoms with van der Waals surface area (Å²) in [5.41, 5.74) is 0.516. The number of hydrogen-bond donors (Lipinski definition) is 1. The average Bonchev–Trinajstić information content (AvgIpc) is 3.38. The van der Waals surface area contributed by atoms with Crippen molar-refractivity contribution in [2.75, 3.05) is 13.1 Å². The molecular formula is C19H17FN4O2S. The number of aliphatic hydroxyl groups is 1. The molecule has 27 heavy (non-hydrogen) atoms. The van der Waals surface area contributed by atoms with Crippen LogP contribution in [0, 0.1) is 17.7 Å². The monoisotopic (exact) mass is 384 g/mol. The predicted molar refractivity (Wildman–Crippen MR) is 98.1 cm³/mol. The summed E-state index contributed by atoms with van der Waals surface area (Å²) in [6, 6.07) is 9.85. The molecule has 0 bridgehead atoms. The van der Waals surface area contributed by atoms with Crippen molar-refractivity contribution in [2.45, 2.75) is 12.5 Å². The standard InChI is InChI=1S/C19H17FN4O2S/c20-12-3-1-4-13(8-12)24-18(16-5-2-6-27-16)21-17(22-24)19(26)23-9-11-7-15(25)14(11)10-23/h1-6,8,11,14-15,25H,7,9-10H2. The van der Waals surface area contributed by atoms with Crippen molar-refractivity contribution >= 4 is 17.2 Å². The second-order valence-corrected chi connectivity index (χ2v) is 8.01. The summed E-state index contributed by atoms with van der Waals surface area (Å²) in [4.78, 5) is 20.0. The summed E-state index contributed by atoms with van der Waals surface area (Å²) in [6.45, 7) is 1.16. The molecule has 2 aliphatic rings. The van der Waals surface area contributed by atoms with Crippen molar-refractivity contribution in [1.29, 1.82) is 0 Å². The maximum Gasteiger partial charge on any atom is 0.293 e. The molecule has 3 unspecified atom stereocenters. The van der Waals surface area contributed by atoms with E-state index in [9.17, 15) is 14.3 Å². The molecule has 1 aromatic carbocycles. The lowest BCUT2D eigenvalue weighted by atomic mass is 9.74. The molecule has 3 atom stereocenters. The van der Waals surface area contributed by atoms with Crippen molar-refractivity contribution in [2.24, 2.45) is 11.8 Å². The van der Waals surface area contributed by atoms with E-state index in [4.69, 9.17) is 0 Å². The number of amides is 1. The fourth-order valence-electron chi connectivity index (χ4n) is 3.93. The van der Waals surface area contributed by atoms with Crippen LogP contribution in [0.4, 0.5) is 4.39 Å². The summed E-state index contributed by atoms with van der Waals surface area (Å²) in [5, 5.41) is 16.1. The lowest BCUT2D eigenvalue weighted by Crippen LogP contribution is -2.39. The Morgan fingerprint density at radius 2 is 2.15 bits per heavy atom. The third kappa shape index (κ3) is 2.76. The quantitative estimate of drug-likeness (QED) is 0.754. The SMILES string of the molecule is O=C(c1nc(-c2cccs2)n(-c2cccc(F)c2)n1)N1CC2CC(O)C2C1. The molecule has 2 fully saturated rings. The first-order valence-corrected chi connectivity index (χ1v) is 9.72. The first-order chi connectivity index (χ1) is 13.1. The zero-order chi connectivity index (χ0) is 18.5. The Morgan fingerprint density at radius 3 is 2.85 bits per heavy atom. The molecule has 138 valence electrons. The minimum Gasteiger partial charge on any atom is -0.393 e. The van der Waals surface area contributed by atoms with Crippen LogP contribution in [0.1, 0.15) is 17.0 Å². The molecule has 6 nitrogen and oxygen atoms in total. The lowest BCUT2D eigenvalue weighted by molar-refractivity contribution is -0.00427. The molecule has 3 heterocycles. The van der Waals surface area contributed by atoms with E-state index >= 15 is 0 Å². The van der Waals surface area contributed by atoms with Gasteiger partial charge in [0.05, 0.1) is 16.7 Å². The molecular weight excluding hydrogens is 367 g/mol. The second-order valence-electron chi connectivity index (χ2n) is 7.07. The molecule has 2 aromatic heterocycles. The number of fused-ring (bicyclic) bond motifs is 1. The van der Waals surface area contributed by atoms with E-state index in [0.717, 1.165) is 11.3 Å². The maximum atomic E-state index is 13.7. The van der Waals surface area contributed by atoms with Crippen LogP contribution in [0.25, 0.3) is 16.4 Å². The summed E-state index contributed by atoms with van der Waals surface area (Å²) < 4.78 is 15.2. The zero-order valence-corrected chi connectivity index (χ0v) is 15.1. The molecule has 5 rings (SSSR count). The number of thiophene rings is 1. The van der Waals surface area contributed by atoms with Gasteiger partial charge in [-0.05, 0) is 42.0 Å². The molecule has 1 aliphatic carbocycles. The van der Waals surface area contributed by atoms with Gasteiger partial charge >= 0.3 is 0 Å². The van der Waals surface area contributed by atoms with Gasteiger partial charge in [0, 0.05) is 19.0 Å². The molecule has 1 saturated heterocycles. The summed E-state index contributed by atoms with van der Waals surface area (Å²) >= 11 is 1.48. The van der Waals surface area contributed by atoms with Crippen LogP contribution in [0.5, 0.6) is 0 Å². The van der Waals surface area contributed by atoms with Gasteiger partial charge in [-0.25, -0.2) is 14.1 Å². The molecule has 1 saturated carbocycles. The van der Waals surface area contributed by atoms with Crippen molar-refractivity contribution in [3.05, 3.63) is 53.4 Å². The van der Waals surface area contributed by atoms with Crippen molar-refractivity contribution in [3.63, 3.8) is 0 Å². The summed E-state index contributed by atoms with van der Waals surface area (Å²) in [6.07, 6.45) is 0.437. The number of benzene rings is 1. The number of halogens is 1. The number of likely N-dealkylation sites (tertiary alicyclic amines) is 1. The normalized spacial score (nSPS) is 23.9. The highest BCUT2D eigenvalue weighted by Gasteiger charge is 2.48. The lowest BCUT2D eigenvalue weighted by Gasteiger charge is -2.34. The Bertz CT molecular complexity index is 1000. The Morgan fingerprint density at radius 1 is 1.26 bits per heavy atom. The van der Waals surface area contributed by atoms with Gasteiger partial charge in [-0.2, -0.15) is 0 Å². The van der Waals surface area contributed by atoms with Crippen molar-refractivity contribution in [3.8, 4) is 16.4 Å². The van der Waals surface area contributed by atoms with E-state index in [2.05, 4.69) is 10.1 Å². The smallest absolute Gasteiger partial charge is 0.293 e. The Hall–Kier alpha value is -2.58. The number of carbonyl (C=O) groups excluding carboxylic acids is 1. The van der Waals surface area contributed by atoms with Gasteiger partial charge in [0.2, 0.25) is 5.82 Å². The minimum atomic E-state index is -0.377. The van der Waals surface area contributed by atoms with E-state index in [-0.39, 0.29) is 29.6 Å². The average molecular weight is 384 g/mol. The third-order valence-electron chi connectivity index (χ3n) is 5.41. The van der Waals surface area contributed by atoms with Gasteiger partial charge < -0.3 is 10.0 Å². The highest BCUT2D eigenvalue weighted by molar-refractivity contribution is 7.13. The molecule has 1 amide bonds. The van der Waals surface area contributed by atoms with Gasteiger partial charge in [0.1, 0.15) is 5.82 Å². The fourth-order valence-corrected chi connectivity index (χ4v) is 4.63. The fraction of sp³-hybridized carbons (Fsp3) is 0.316. The maximum absolute atomic E-state index is 13.7. The highest BCUT2D eigenvalue weighted by atomic mass is 32.1. The van der Waals surface area contributed by atoms with Crippen LogP contribution in [0.2, 0.25) is 0 Å².